The number of ether oxygens (including phenoxy) is 1. The summed E-state index contributed by atoms with van der Waals surface area (Å²) in [6, 6.07) is 7.71. The molecule has 1 atom stereocenters. The van der Waals surface area contributed by atoms with Gasteiger partial charge >= 0.3 is 0 Å². The maximum atomic E-state index is 12.8. The van der Waals surface area contributed by atoms with E-state index in [1.165, 1.54) is 0 Å². The Morgan fingerprint density at radius 2 is 2.07 bits per heavy atom. The van der Waals surface area contributed by atoms with Crippen LogP contribution < -0.4 is 10.1 Å². The fraction of sp³-hybridized carbons (Fsp3) is 0.381. The summed E-state index contributed by atoms with van der Waals surface area (Å²) in [7, 11) is 0. The first kappa shape index (κ1) is 19.7. The van der Waals surface area contributed by atoms with E-state index in [0.29, 0.717) is 11.3 Å². The molecule has 0 saturated heterocycles. The van der Waals surface area contributed by atoms with Crippen molar-refractivity contribution in [3.05, 3.63) is 64.3 Å². The Bertz CT molecular complexity index is 974. The molecule has 0 aliphatic carbocycles. The molecule has 1 aromatic carbocycles. The van der Waals surface area contributed by atoms with Crippen LogP contribution in [-0.4, -0.2) is 20.8 Å². The predicted molar refractivity (Wildman–Crippen MR) is 105 cm³/mol. The van der Waals surface area contributed by atoms with Gasteiger partial charge in [-0.05, 0) is 57.9 Å². The number of carbonyl (C=O) groups is 1. The molecule has 0 spiro atoms. The largest absolute Gasteiger partial charge is 0.488 e. The number of nitrogens with zero attached hydrogens (tertiary/aromatic N) is 3. The molecular weight excluding hydrogens is 356 g/mol. The van der Waals surface area contributed by atoms with Crippen LogP contribution in [-0.2, 0) is 13.2 Å². The lowest BCUT2D eigenvalue weighted by atomic mass is 10.1. The first-order valence-electron chi connectivity index (χ1n) is 9.38. The van der Waals surface area contributed by atoms with Crippen LogP contribution in [0, 0.1) is 20.8 Å². The molecule has 0 saturated carbocycles. The zero-order valence-corrected chi connectivity index (χ0v) is 16.9. The molecule has 28 heavy (non-hydrogen) atoms. The number of aromatic nitrogens is 3. The van der Waals surface area contributed by atoms with Crippen LogP contribution in [0.25, 0.3) is 0 Å². The van der Waals surface area contributed by atoms with E-state index in [2.05, 4.69) is 15.6 Å². The van der Waals surface area contributed by atoms with Gasteiger partial charge in [-0.15, -0.1) is 0 Å². The van der Waals surface area contributed by atoms with Crippen molar-refractivity contribution in [3.63, 3.8) is 0 Å². The molecule has 0 aliphatic rings. The van der Waals surface area contributed by atoms with Crippen molar-refractivity contribution in [2.45, 2.75) is 53.8 Å². The predicted octanol–water partition coefficient (Wildman–Crippen LogP) is 3.89. The molecule has 7 nitrogen and oxygen atoms in total. The van der Waals surface area contributed by atoms with Crippen LogP contribution in [0.4, 0.5) is 0 Å². The Kier molecular flexibility index (Phi) is 5.82. The minimum atomic E-state index is -0.298. The third-order valence-electron chi connectivity index (χ3n) is 4.76. The summed E-state index contributed by atoms with van der Waals surface area (Å²) in [5, 5.41) is 11.2. The van der Waals surface area contributed by atoms with Crippen molar-refractivity contribution in [1.82, 2.24) is 20.3 Å². The van der Waals surface area contributed by atoms with Crippen molar-refractivity contribution < 1.29 is 14.1 Å². The quantitative estimate of drug-likeness (QED) is 0.670. The second-order valence-electron chi connectivity index (χ2n) is 6.89. The number of hydrogen-bond acceptors (Lipinski definition) is 5. The van der Waals surface area contributed by atoms with Crippen LogP contribution in [0.5, 0.6) is 5.75 Å². The second kappa shape index (κ2) is 8.29. The van der Waals surface area contributed by atoms with Gasteiger partial charge in [0.15, 0.2) is 5.69 Å². The maximum Gasteiger partial charge on any atom is 0.274 e. The molecule has 2 aromatic heterocycles. The Hall–Kier alpha value is -3.09. The van der Waals surface area contributed by atoms with E-state index in [9.17, 15) is 4.79 Å². The van der Waals surface area contributed by atoms with Gasteiger partial charge in [-0.3, -0.25) is 9.48 Å². The van der Waals surface area contributed by atoms with Crippen LogP contribution in [0.15, 0.2) is 35.0 Å². The van der Waals surface area contributed by atoms with Crippen LogP contribution in [0.2, 0.25) is 0 Å². The molecule has 0 fully saturated rings. The molecule has 148 valence electrons. The van der Waals surface area contributed by atoms with E-state index in [0.717, 1.165) is 29.1 Å². The van der Waals surface area contributed by atoms with Gasteiger partial charge in [0, 0.05) is 12.7 Å². The highest BCUT2D eigenvalue weighted by molar-refractivity contribution is 5.94. The highest BCUT2D eigenvalue weighted by Crippen LogP contribution is 2.23. The van der Waals surface area contributed by atoms with Gasteiger partial charge in [0.05, 0.1) is 17.3 Å². The molecule has 1 amide bonds. The Balaban J connectivity index is 1.74. The fourth-order valence-corrected chi connectivity index (χ4v) is 3.07. The number of rotatable bonds is 7. The topological polar surface area (TPSA) is 82.2 Å². The molecule has 2 heterocycles. The average molecular weight is 382 g/mol. The fourth-order valence-electron chi connectivity index (χ4n) is 3.07. The highest BCUT2D eigenvalue weighted by Gasteiger charge is 2.23. The lowest BCUT2D eigenvalue weighted by Gasteiger charge is -2.15. The first-order chi connectivity index (χ1) is 13.4. The number of carbonyl (C=O) groups excluding carboxylic acids is 1. The van der Waals surface area contributed by atoms with Gasteiger partial charge in [-0.2, -0.15) is 5.10 Å². The molecule has 1 unspecified atom stereocenters. The number of aryl methyl sites for hydroxylation is 4. The third kappa shape index (κ3) is 4.08. The Morgan fingerprint density at radius 1 is 1.29 bits per heavy atom. The number of benzene rings is 1. The van der Waals surface area contributed by atoms with Gasteiger partial charge < -0.3 is 14.6 Å². The lowest BCUT2D eigenvalue weighted by molar-refractivity contribution is 0.0927. The summed E-state index contributed by atoms with van der Waals surface area (Å²) < 4.78 is 13.1. The van der Waals surface area contributed by atoms with Gasteiger partial charge in [0.1, 0.15) is 18.1 Å². The average Bonchev–Trinajstić information content (AvgIpc) is 3.29. The molecule has 1 N–H and O–H groups in total. The number of nitrogens with one attached hydrogen (secondary N) is 1. The maximum absolute atomic E-state index is 12.8. The second-order valence-corrected chi connectivity index (χ2v) is 6.89. The summed E-state index contributed by atoms with van der Waals surface area (Å²) in [5.41, 5.74) is 3.98. The van der Waals surface area contributed by atoms with Crippen LogP contribution in [0.3, 0.4) is 0 Å². The van der Waals surface area contributed by atoms with Crippen molar-refractivity contribution in [3.8, 4) is 5.75 Å². The zero-order chi connectivity index (χ0) is 20.3. The molecule has 3 aromatic rings. The molecular formula is C21H26N4O3. The summed E-state index contributed by atoms with van der Waals surface area (Å²) in [5.74, 6) is 1.06. The van der Waals surface area contributed by atoms with Crippen molar-refractivity contribution >= 4 is 5.91 Å². The van der Waals surface area contributed by atoms with Crippen LogP contribution in [0.1, 0.15) is 58.5 Å². The standard InChI is InChI=1S/C21H26N4O3/c1-6-25-18(9-10-22-25)15(4)23-21(26)20-17(16(5)28-24-20)12-27-19-11-13(2)7-8-14(19)3/h7-11,15H,6,12H2,1-5H3,(H,23,26). The molecule has 3 rings (SSSR count). The third-order valence-corrected chi connectivity index (χ3v) is 4.76. The van der Waals surface area contributed by atoms with Gasteiger partial charge in [0.2, 0.25) is 0 Å². The zero-order valence-electron chi connectivity index (χ0n) is 16.9. The summed E-state index contributed by atoms with van der Waals surface area (Å²) in [6.07, 6.45) is 1.73. The summed E-state index contributed by atoms with van der Waals surface area (Å²) >= 11 is 0. The van der Waals surface area contributed by atoms with E-state index in [1.54, 1.807) is 13.1 Å². The first-order valence-corrected chi connectivity index (χ1v) is 9.38. The van der Waals surface area contributed by atoms with Crippen molar-refractivity contribution in [1.29, 1.82) is 0 Å². The minimum absolute atomic E-state index is 0.209. The molecule has 0 aliphatic heterocycles. The Morgan fingerprint density at radius 3 is 2.82 bits per heavy atom. The molecule has 0 bridgehead atoms. The number of hydrogen-bond donors (Lipinski definition) is 1. The van der Waals surface area contributed by atoms with E-state index in [1.807, 2.05) is 56.6 Å². The van der Waals surface area contributed by atoms with Crippen molar-refractivity contribution in [2.24, 2.45) is 0 Å². The monoisotopic (exact) mass is 382 g/mol. The molecule has 7 heteroatoms. The smallest absolute Gasteiger partial charge is 0.274 e. The summed E-state index contributed by atoms with van der Waals surface area (Å²) in [6.45, 7) is 10.7. The van der Waals surface area contributed by atoms with Gasteiger partial charge in [0.25, 0.3) is 5.91 Å². The van der Waals surface area contributed by atoms with Crippen molar-refractivity contribution in [2.75, 3.05) is 0 Å². The van der Waals surface area contributed by atoms with Gasteiger partial charge in [-0.1, -0.05) is 17.3 Å². The minimum Gasteiger partial charge on any atom is -0.488 e. The lowest BCUT2D eigenvalue weighted by Crippen LogP contribution is -2.29. The van der Waals surface area contributed by atoms with E-state index in [4.69, 9.17) is 9.26 Å². The van der Waals surface area contributed by atoms with Gasteiger partial charge in [-0.25, -0.2) is 0 Å². The Labute approximate surface area is 164 Å². The van der Waals surface area contributed by atoms with E-state index >= 15 is 0 Å². The molecule has 0 radical (unpaired) electrons. The number of amides is 1. The SMILES string of the molecule is CCn1nccc1C(C)NC(=O)c1noc(C)c1COc1cc(C)ccc1C. The highest BCUT2D eigenvalue weighted by atomic mass is 16.5. The van der Waals surface area contributed by atoms with E-state index in [-0.39, 0.29) is 24.2 Å². The van der Waals surface area contributed by atoms with E-state index < -0.39 is 0 Å². The normalized spacial score (nSPS) is 12.0. The summed E-state index contributed by atoms with van der Waals surface area (Å²) in [4.78, 5) is 12.8. The van der Waals surface area contributed by atoms with Crippen LogP contribution >= 0.6 is 0 Å².